The molecule has 3 rings (SSSR count). The van der Waals surface area contributed by atoms with Gasteiger partial charge in [-0.15, -0.1) is 11.8 Å². The highest BCUT2D eigenvalue weighted by atomic mass is 32.2. The van der Waals surface area contributed by atoms with Crippen molar-refractivity contribution in [2.45, 2.75) is 24.0 Å². The van der Waals surface area contributed by atoms with Crippen molar-refractivity contribution in [2.24, 2.45) is 0 Å². The minimum absolute atomic E-state index is 0.896. The second kappa shape index (κ2) is 3.42. The van der Waals surface area contributed by atoms with Crippen LogP contribution >= 0.6 is 11.8 Å². The molecular weight excluding hydrogens is 206 g/mol. The Labute approximate surface area is 92.7 Å². The summed E-state index contributed by atoms with van der Waals surface area (Å²) in [4.78, 5) is 1.36. The van der Waals surface area contributed by atoms with E-state index in [1.807, 2.05) is 18.7 Å². The number of aromatic nitrogens is 1. The first-order valence-electron chi connectivity index (χ1n) is 4.99. The van der Waals surface area contributed by atoms with Gasteiger partial charge in [-0.25, -0.2) is 0 Å². The van der Waals surface area contributed by atoms with E-state index >= 15 is 0 Å². The van der Waals surface area contributed by atoms with Crippen LogP contribution < -0.4 is 0 Å². The summed E-state index contributed by atoms with van der Waals surface area (Å²) in [5, 5.41) is 4.02. The highest BCUT2D eigenvalue weighted by Crippen LogP contribution is 2.34. The fourth-order valence-corrected chi connectivity index (χ4v) is 2.91. The van der Waals surface area contributed by atoms with Gasteiger partial charge >= 0.3 is 0 Å². The quantitative estimate of drug-likeness (QED) is 0.678. The van der Waals surface area contributed by atoms with Gasteiger partial charge < -0.3 is 4.52 Å². The molecule has 0 saturated heterocycles. The van der Waals surface area contributed by atoms with Gasteiger partial charge in [-0.1, -0.05) is 23.4 Å². The zero-order valence-electron chi connectivity index (χ0n) is 8.49. The van der Waals surface area contributed by atoms with E-state index in [2.05, 4.69) is 29.4 Å². The number of hydrogen-bond donors (Lipinski definition) is 0. The molecule has 1 aromatic carbocycles. The summed E-state index contributed by atoms with van der Waals surface area (Å²) in [7, 11) is 0. The molecule has 0 spiro atoms. The largest absolute Gasteiger partial charge is 0.360 e. The predicted molar refractivity (Wildman–Crippen MR) is 60.0 cm³/mol. The van der Waals surface area contributed by atoms with Crippen LogP contribution in [0.15, 0.2) is 33.7 Å². The second-order valence-electron chi connectivity index (χ2n) is 3.74. The molecule has 1 aliphatic rings. The maximum absolute atomic E-state index is 5.33. The van der Waals surface area contributed by atoms with Crippen molar-refractivity contribution in [1.82, 2.24) is 5.16 Å². The number of fused-ring (bicyclic) bond motifs is 2. The Hall–Kier alpha value is -1.22. The van der Waals surface area contributed by atoms with E-state index in [0.717, 1.165) is 23.6 Å². The first kappa shape index (κ1) is 9.04. The number of aryl methyl sites for hydroxylation is 1. The molecule has 0 aliphatic carbocycles. The van der Waals surface area contributed by atoms with Gasteiger partial charge in [-0.3, -0.25) is 0 Å². The average Bonchev–Trinajstić information content (AvgIpc) is 2.51. The third kappa shape index (κ3) is 1.47. The molecule has 0 unspecified atom stereocenters. The Bertz CT molecular complexity index is 504. The molecular formula is C12H11NOS. The second-order valence-corrected chi connectivity index (χ2v) is 4.76. The van der Waals surface area contributed by atoms with Crippen LogP contribution in [-0.4, -0.2) is 5.16 Å². The SMILES string of the molecule is Cc1noc2c1Cc1ccccc1SC2. The summed E-state index contributed by atoms with van der Waals surface area (Å²) in [6.07, 6.45) is 0.952. The van der Waals surface area contributed by atoms with Gasteiger partial charge in [-0.05, 0) is 18.6 Å². The molecule has 15 heavy (non-hydrogen) atoms. The zero-order chi connectivity index (χ0) is 10.3. The van der Waals surface area contributed by atoms with Crippen LogP contribution in [0.4, 0.5) is 0 Å². The van der Waals surface area contributed by atoms with Gasteiger partial charge in [0.05, 0.1) is 11.4 Å². The Morgan fingerprint density at radius 2 is 2.20 bits per heavy atom. The maximum Gasteiger partial charge on any atom is 0.150 e. The van der Waals surface area contributed by atoms with Crippen LogP contribution in [0, 0.1) is 6.92 Å². The topological polar surface area (TPSA) is 26.0 Å². The van der Waals surface area contributed by atoms with Gasteiger partial charge in [0.1, 0.15) is 0 Å². The average molecular weight is 217 g/mol. The lowest BCUT2D eigenvalue weighted by atomic mass is 10.0. The van der Waals surface area contributed by atoms with Gasteiger partial charge in [-0.2, -0.15) is 0 Å². The van der Waals surface area contributed by atoms with E-state index in [1.54, 1.807) is 0 Å². The highest BCUT2D eigenvalue weighted by molar-refractivity contribution is 7.98. The van der Waals surface area contributed by atoms with Crippen LogP contribution in [0.5, 0.6) is 0 Å². The minimum atomic E-state index is 0.896. The Morgan fingerprint density at radius 1 is 1.33 bits per heavy atom. The smallest absolute Gasteiger partial charge is 0.150 e. The first-order valence-corrected chi connectivity index (χ1v) is 5.98. The molecule has 2 nitrogen and oxygen atoms in total. The minimum Gasteiger partial charge on any atom is -0.360 e. The number of rotatable bonds is 0. The Balaban J connectivity index is 2.12. The fourth-order valence-electron chi connectivity index (χ4n) is 1.90. The van der Waals surface area contributed by atoms with Crippen molar-refractivity contribution in [3.8, 4) is 0 Å². The summed E-state index contributed by atoms with van der Waals surface area (Å²) >= 11 is 1.83. The number of benzene rings is 1. The van der Waals surface area contributed by atoms with Crippen molar-refractivity contribution in [3.05, 3.63) is 46.8 Å². The molecule has 3 heteroatoms. The van der Waals surface area contributed by atoms with Crippen molar-refractivity contribution < 1.29 is 4.52 Å². The first-order chi connectivity index (χ1) is 7.34. The third-order valence-corrected chi connectivity index (χ3v) is 3.88. The van der Waals surface area contributed by atoms with Gasteiger partial charge in [0.25, 0.3) is 0 Å². The Kier molecular flexibility index (Phi) is 2.06. The van der Waals surface area contributed by atoms with Crippen molar-refractivity contribution in [2.75, 3.05) is 0 Å². The molecule has 0 radical (unpaired) electrons. The van der Waals surface area contributed by atoms with Crippen molar-refractivity contribution in [3.63, 3.8) is 0 Å². The molecule has 2 aromatic rings. The lowest BCUT2D eigenvalue weighted by Gasteiger charge is -2.02. The molecule has 0 bridgehead atoms. The van der Waals surface area contributed by atoms with E-state index < -0.39 is 0 Å². The normalized spacial score (nSPS) is 14.2. The van der Waals surface area contributed by atoms with Gasteiger partial charge in [0.2, 0.25) is 0 Å². The van der Waals surface area contributed by atoms with Crippen LogP contribution in [0.1, 0.15) is 22.6 Å². The number of hydrogen-bond acceptors (Lipinski definition) is 3. The molecule has 0 saturated carbocycles. The van der Waals surface area contributed by atoms with Crippen LogP contribution in [0.2, 0.25) is 0 Å². The van der Waals surface area contributed by atoms with Crippen LogP contribution in [-0.2, 0) is 12.2 Å². The van der Waals surface area contributed by atoms with E-state index in [9.17, 15) is 0 Å². The highest BCUT2D eigenvalue weighted by Gasteiger charge is 2.19. The van der Waals surface area contributed by atoms with Crippen molar-refractivity contribution in [1.29, 1.82) is 0 Å². The van der Waals surface area contributed by atoms with Crippen molar-refractivity contribution >= 4 is 11.8 Å². The molecule has 76 valence electrons. The molecule has 0 atom stereocenters. The number of nitrogens with zero attached hydrogens (tertiary/aromatic N) is 1. The van der Waals surface area contributed by atoms with Crippen LogP contribution in [0.25, 0.3) is 0 Å². The summed E-state index contributed by atoms with van der Waals surface area (Å²) < 4.78 is 5.33. The fraction of sp³-hybridized carbons (Fsp3) is 0.250. The molecule has 0 N–H and O–H groups in total. The lowest BCUT2D eigenvalue weighted by molar-refractivity contribution is 0.390. The molecule has 1 aliphatic heterocycles. The van der Waals surface area contributed by atoms with E-state index in [0.29, 0.717) is 0 Å². The monoisotopic (exact) mass is 217 g/mol. The van der Waals surface area contributed by atoms with Crippen LogP contribution in [0.3, 0.4) is 0 Å². The molecule has 0 amide bonds. The van der Waals surface area contributed by atoms with E-state index in [-0.39, 0.29) is 0 Å². The molecule has 0 fully saturated rings. The zero-order valence-corrected chi connectivity index (χ0v) is 9.30. The standard InChI is InChI=1S/C12H11NOS/c1-8-10-6-9-4-2-3-5-12(9)15-7-11(10)14-13-8/h2-5H,6-7H2,1H3. The summed E-state index contributed by atoms with van der Waals surface area (Å²) in [5.74, 6) is 1.93. The predicted octanol–water partition coefficient (Wildman–Crippen LogP) is 3.18. The third-order valence-electron chi connectivity index (χ3n) is 2.76. The van der Waals surface area contributed by atoms with Gasteiger partial charge in [0, 0.05) is 16.9 Å². The summed E-state index contributed by atoms with van der Waals surface area (Å²) in [5.41, 5.74) is 3.68. The summed E-state index contributed by atoms with van der Waals surface area (Å²) in [6.45, 7) is 2.01. The summed E-state index contributed by atoms with van der Waals surface area (Å²) in [6, 6.07) is 8.54. The molecule has 2 heterocycles. The van der Waals surface area contributed by atoms with E-state index in [1.165, 1.54) is 16.0 Å². The Morgan fingerprint density at radius 3 is 3.13 bits per heavy atom. The number of thioether (sulfide) groups is 1. The maximum atomic E-state index is 5.33. The lowest BCUT2D eigenvalue weighted by Crippen LogP contribution is -1.90. The van der Waals surface area contributed by atoms with Gasteiger partial charge in [0.15, 0.2) is 5.76 Å². The molecule has 1 aromatic heterocycles. The van der Waals surface area contributed by atoms with E-state index in [4.69, 9.17) is 4.52 Å².